The highest BCUT2D eigenvalue weighted by molar-refractivity contribution is 5.93. The van der Waals surface area contributed by atoms with Crippen molar-refractivity contribution in [3.63, 3.8) is 0 Å². The molecule has 1 aromatic heterocycles. The second kappa shape index (κ2) is 9.33. The van der Waals surface area contributed by atoms with E-state index in [1.807, 2.05) is 36.6 Å². The number of nitriles is 1. The van der Waals surface area contributed by atoms with Crippen molar-refractivity contribution in [3.8, 4) is 23.3 Å². The van der Waals surface area contributed by atoms with E-state index in [9.17, 15) is 10.1 Å². The third-order valence-corrected chi connectivity index (χ3v) is 4.34. The van der Waals surface area contributed by atoms with Gasteiger partial charge in [0.1, 0.15) is 23.1 Å². The first-order valence-electron chi connectivity index (χ1n) is 9.63. The number of ether oxygens (including phenoxy) is 4. The fourth-order valence-electron chi connectivity index (χ4n) is 3.14. The molecule has 2 aromatic carbocycles. The number of hydrogen-bond donors (Lipinski definition) is 0. The summed E-state index contributed by atoms with van der Waals surface area (Å²) in [5, 5.41) is 10.4. The van der Waals surface area contributed by atoms with Crippen LogP contribution in [0.4, 0.5) is 0 Å². The standard InChI is InChI=1S/C23H24N2O5/c1-5-28-23(26)20-8-6-17(10-22(20)29-14-27-4)25-13-16(12-24)19-9-7-18(11-21(19)25)30-15(2)3/h6-11,13,15H,5,14H2,1-4H3. The Morgan fingerprint density at radius 2 is 2.00 bits per heavy atom. The van der Waals surface area contributed by atoms with Crippen molar-refractivity contribution in [2.24, 2.45) is 0 Å². The van der Waals surface area contributed by atoms with Crippen molar-refractivity contribution >= 4 is 16.9 Å². The predicted octanol–water partition coefficient (Wildman–Crippen LogP) is 4.45. The molecule has 0 aliphatic rings. The highest BCUT2D eigenvalue weighted by Crippen LogP contribution is 2.31. The summed E-state index contributed by atoms with van der Waals surface area (Å²) in [6.45, 7) is 5.90. The van der Waals surface area contributed by atoms with Gasteiger partial charge in [0, 0.05) is 36.5 Å². The van der Waals surface area contributed by atoms with Gasteiger partial charge in [0.2, 0.25) is 0 Å². The van der Waals surface area contributed by atoms with Gasteiger partial charge in [-0.15, -0.1) is 0 Å². The minimum atomic E-state index is -0.474. The number of aromatic nitrogens is 1. The van der Waals surface area contributed by atoms with Crippen LogP contribution >= 0.6 is 0 Å². The molecule has 0 N–H and O–H groups in total. The molecule has 0 bridgehead atoms. The zero-order chi connectivity index (χ0) is 21.7. The molecule has 0 spiro atoms. The van der Waals surface area contributed by atoms with Crippen molar-refractivity contribution in [3.05, 3.63) is 53.7 Å². The summed E-state index contributed by atoms with van der Waals surface area (Å²) in [4.78, 5) is 12.3. The summed E-state index contributed by atoms with van der Waals surface area (Å²) in [5.74, 6) is 0.570. The van der Waals surface area contributed by atoms with Gasteiger partial charge in [-0.25, -0.2) is 4.79 Å². The van der Waals surface area contributed by atoms with Crippen LogP contribution in [0.2, 0.25) is 0 Å². The van der Waals surface area contributed by atoms with Gasteiger partial charge in [-0.2, -0.15) is 5.26 Å². The lowest BCUT2D eigenvalue weighted by Gasteiger charge is -2.14. The Kier molecular flexibility index (Phi) is 6.60. The molecule has 30 heavy (non-hydrogen) atoms. The number of methoxy groups -OCH3 is 1. The molecule has 0 unspecified atom stereocenters. The van der Waals surface area contributed by atoms with Crippen LogP contribution in [0.3, 0.4) is 0 Å². The molecule has 0 saturated heterocycles. The van der Waals surface area contributed by atoms with E-state index >= 15 is 0 Å². The first kappa shape index (κ1) is 21.2. The second-order valence-corrected chi connectivity index (χ2v) is 6.82. The van der Waals surface area contributed by atoms with E-state index in [1.165, 1.54) is 7.11 Å². The molecule has 0 fully saturated rings. The van der Waals surface area contributed by atoms with Crippen LogP contribution in [0.1, 0.15) is 36.7 Å². The smallest absolute Gasteiger partial charge is 0.341 e. The quantitative estimate of drug-likeness (QED) is 0.405. The van der Waals surface area contributed by atoms with Gasteiger partial charge in [-0.1, -0.05) is 0 Å². The molecule has 0 saturated carbocycles. The van der Waals surface area contributed by atoms with E-state index < -0.39 is 5.97 Å². The number of fused-ring (bicyclic) bond motifs is 1. The van der Waals surface area contributed by atoms with Crippen LogP contribution in [0.5, 0.6) is 11.5 Å². The van der Waals surface area contributed by atoms with E-state index in [1.54, 1.807) is 31.3 Å². The van der Waals surface area contributed by atoms with Crippen molar-refractivity contribution < 1.29 is 23.7 Å². The highest BCUT2D eigenvalue weighted by Gasteiger charge is 2.17. The Bertz CT molecular complexity index is 1090. The highest BCUT2D eigenvalue weighted by atomic mass is 16.7. The van der Waals surface area contributed by atoms with Gasteiger partial charge in [0.25, 0.3) is 0 Å². The first-order valence-corrected chi connectivity index (χ1v) is 9.63. The normalized spacial score (nSPS) is 10.8. The van der Waals surface area contributed by atoms with Crippen molar-refractivity contribution in [2.75, 3.05) is 20.5 Å². The fourth-order valence-corrected chi connectivity index (χ4v) is 3.14. The lowest BCUT2D eigenvalue weighted by atomic mass is 10.1. The maximum Gasteiger partial charge on any atom is 0.341 e. The van der Waals surface area contributed by atoms with E-state index in [0.717, 1.165) is 16.6 Å². The average molecular weight is 408 g/mol. The maximum absolute atomic E-state index is 12.3. The number of esters is 1. The number of hydrogen-bond acceptors (Lipinski definition) is 6. The SMILES string of the molecule is CCOC(=O)c1ccc(-n2cc(C#N)c3ccc(OC(C)C)cc32)cc1OCOC. The van der Waals surface area contributed by atoms with Gasteiger partial charge in [-0.05, 0) is 45.0 Å². The van der Waals surface area contributed by atoms with Crippen LogP contribution in [0.15, 0.2) is 42.6 Å². The lowest BCUT2D eigenvalue weighted by Crippen LogP contribution is -2.10. The largest absolute Gasteiger partial charge is 0.491 e. The van der Waals surface area contributed by atoms with Crippen LogP contribution in [0.25, 0.3) is 16.6 Å². The Labute approximate surface area is 175 Å². The van der Waals surface area contributed by atoms with Crippen molar-refractivity contribution in [1.82, 2.24) is 4.57 Å². The molecule has 3 aromatic rings. The predicted molar refractivity (Wildman–Crippen MR) is 112 cm³/mol. The molecule has 0 aliphatic heterocycles. The molecule has 156 valence electrons. The van der Waals surface area contributed by atoms with Crippen LogP contribution in [-0.2, 0) is 9.47 Å². The maximum atomic E-state index is 12.3. The third-order valence-electron chi connectivity index (χ3n) is 4.34. The van der Waals surface area contributed by atoms with E-state index in [2.05, 4.69) is 6.07 Å². The summed E-state index contributed by atoms with van der Waals surface area (Å²) >= 11 is 0. The first-order chi connectivity index (χ1) is 14.5. The van der Waals surface area contributed by atoms with Crippen LogP contribution in [-0.4, -0.2) is 37.1 Å². The molecular weight excluding hydrogens is 384 g/mol. The minimum absolute atomic E-state index is 0.0158. The summed E-state index contributed by atoms with van der Waals surface area (Å²) < 4.78 is 23.4. The number of carbonyl (C=O) groups is 1. The fraction of sp³-hybridized carbons (Fsp3) is 0.304. The molecule has 0 aliphatic carbocycles. The summed E-state index contributed by atoms with van der Waals surface area (Å²) in [6.07, 6.45) is 1.78. The Morgan fingerprint density at radius 3 is 2.67 bits per heavy atom. The van der Waals surface area contributed by atoms with Gasteiger partial charge < -0.3 is 23.5 Å². The number of nitrogens with zero attached hydrogens (tertiary/aromatic N) is 2. The zero-order valence-electron chi connectivity index (χ0n) is 17.5. The molecule has 1 heterocycles. The molecular formula is C23H24N2O5. The number of rotatable bonds is 8. The van der Waals surface area contributed by atoms with E-state index in [0.29, 0.717) is 22.6 Å². The van der Waals surface area contributed by atoms with Crippen molar-refractivity contribution in [1.29, 1.82) is 5.26 Å². The van der Waals surface area contributed by atoms with Crippen LogP contribution < -0.4 is 9.47 Å². The van der Waals surface area contributed by atoms with E-state index in [4.69, 9.17) is 18.9 Å². The lowest BCUT2D eigenvalue weighted by molar-refractivity contribution is 0.0438. The molecule has 0 atom stereocenters. The van der Waals surface area contributed by atoms with Crippen LogP contribution in [0, 0.1) is 11.3 Å². The molecule has 0 amide bonds. The Hall–Kier alpha value is -3.50. The minimum Gasteiger partial charge on any atom is -0.491 e. The van der Waals surface area contributed by atoms with Gasteiger partial charge in [-0.3, -0.25) is 0 Å². The number of carbonyl (C=O) groups excluding carboxylic acids is 1. The van der Waals surface area contributed by atoms with Gasteiger partial charge >= 0.3 is 5.97 Å². The van der Waals surface area contributed by atoms with E-state index in [-0.39, 0.29) is 19.5 Å². The summed E-state index contributed by atoms with van der Waals surface area (Å²) in [7, 11) is 1.50. The number of benzene rings is 2. The monoisotopic (exact) mass is 408 g/mol. The molecule has 7 nitrogen and oxygen atoms in total. The summed E-state index contributed by atoms with van der Waals surface area (Å²) in [6, 6.07) is 13.0. The topological polar surface area (TPSA) is 82.7 Å². The zero-order valence-corrected chi connectivity index (χ0v) is 17.5. The molecule has 7 heteroatoms. The Balaban J connectivity index is 2.13. The molecule has 0 radical (unpaired) electrons. The van der Waals surface area contributed by atoms with Gasteiger partial charge in [0.15, 0.2) is 6.79 Å². The Morgan fingerprint density at radius 1 is 1.20 bits per heavy atom. The van der Waals surface area contributed by atoms with Crippen molar-refractivity contribution in [2.45, 2.75) is 26.9 Å². The third kappa shape index (κ3) is 4.39. The average Bonchev–Trinajstić information content (AvgIpc) is 3.09. The second-order valence-electron chi connectivity index (χ2n) is 6.82. The van der Waals surface area contributed by atoms with Gasteiger partial charge in [0.05, 0.1) is 23.8 Å². The molecule has 3 rings (SSSR count). The summed E-state index contributed by atoms with van der Waals surface area (Å²) in [5.41, 5.74) is 2.38.